The van der Waals surface area contributed by atoms with E-state index in [1.165, 1.54) is 0 Å². The highest BCUT2D eigenvalue weighted by molar-refractivity contribution is 5.86. The third-order valence-corrected chi connectivity index (χ3v) is 2.70. The maximum Gasteiger partial charge on any atom is 0.240 e. The second-order valence-electron chi connectivity index (χ2n) is 4.68. The van der Waals surface area contributed by atoms with Gasteiger partial charge in [-0.2, -0.15) is 0 Å². The molecule has 0 aromatic heterocycles. The van der Waals surface area contributed by atoms with E-state index < -0.39 is 5.54 Å². The average molecular weight is 184 g/mol. The van der Waals surface area contributed by atoms with Crippen molar-refractivity contribution in [3.8, 4) is 0 Å². The number of hydrogen-bond donors (Lipinski definition) is 2. The van der Waals surface area contributed by atoms with Crippen LogP contribution >= 0.6 is 0 Å². The monoisotopic (exact) mass is 184 g/mol. The molecule has 0 bridgehead atoms. The standard InChI is InChI=1S/C10H20N2O/c1-4-5-10(3,11)8(13)12-9(2)6-7-9/h4-7,11H2,1-3H3,(H,12,13). The van der Waals surface area contributed by atoms with E-state index in [0.717, 1.165) is 25.7 Å². The predicted octanol–water partition coefficient (Wildman–Crippen LogP) is 1.17. The van der Waals surface area contributed by atoms with Crippen LogP contribution in [0.5, 0.6) is 0 Å². The van der Waals surface area contributed by atoms with Crippen LogP contribution in [-0.4, -0.2) is 17.0 Å². The van der Waals surface area contributed by atoms with Gasteiger partial charge in [0.25, 0.3) is 0 Å². The molecule has 0 spiro atoms. The van der Waals surface area contributed by atoms with E-state index in [2.05, 4.69) is 12.2 Å². The minimum Gasteiger partial charge on any atom is -0.349 e. The number of carbonyl (C=O) groups is 1. The number of nitrogens with one attached hydrogen (secondary N) is 1. The second kappa shape index (κ2) is 3.29. The molecule has 0 saturated heterocycles. The van der Waals surface area contributed by atoms with E-state index in [1.54, 1.807) is 6.92 Å². The smallest absolute Gasteiger partial charge is 0.240 e. The van der Waals surface area contributed by atoms with Crippen molar-refractivity contribution in [1.29, 1.82) is 0 Å². The molecule has 1 atom stereocenters. The van der Waals surface area contributed by atoms with Crippen molar-refractivity contribution in [3.63, 3.8) is 0 Å². The van der Waals surface area contributed by atoms with Gasteiger partial charge in [0, 0.05) is 5.54 Å². The van der Waals surface area contributed by atoms with Gasteiger partial charge in [-0.15, -0.1) is 0 Å². The quantitative estimate of drug-likeness (QED) is 0.689. The fourth-order valence-electron chi connectivity index (χ4n) is 1.36. The Morgan fingerprint density at radius 3 is 2.54 bits per heavy atom. The summed E-state index contributed by atoms with van der Waals surface area (Å²) >= 11 is 0. The Balaban J connectivity index is 2.45. The number of carbonyl (C=O) groups excluding carboxylic acids is 1. The van der Waals surface area contributed by atoms with Crippen molar-refractivity contribution in [2.24, 2.45) is 5.73 Å². The molecule has 13 heavy (non-hydrogen) atoms. The third-order valence-electron chi connectivity index (χ3n) is 2.70. The summed E-state index contributed by atoms with van der Waals surface area (Å²) in [5, 5.41) is 2.99. The van der Waals surface area contributed by atoms with Crippen LogP contribution in [-0.2, 0) is 4.79 Å². The Hall–Kier alpha value is -0.570. The third kappa shape index (κ3) is 2.69. The van der Waals surface area contributed by atoms with E-state index in [0.29, 0.717) is 0 Å². The van der Waals surface area contributed by atoms with Crippen molar-refractivity contribution in [2.75, 3.05) is 0 Å². The van der Waals surface area contributed by atoms with Crippen LogP contribution in [0.1, 0.15) is 46.5 Å². The Morgan fingerprint density at radius 1 is 1.62 bits per heavy atom. The summed E-state index contributed by atoms with van der Waals surface area (Å²) in [6, 6.07) is 0. The number of rotatable bonds is 4. The van der Waals surface area contributed by atoms with Crippen molar-refractivity contribution >= 4 is 5.91 Å². The van der Waals surface area contributed by atoms with Crippen LogP contribution in [0.25, 0.3) is 0 Å². The minimum atomic E-state index is -0.694. The molecule has 3 heteroatoms. The first kappa shape index (κ1) is 10.5. The van der Waals surface area contributed by atoms with E-state index in [-0.39, 0.29) is 11.4 Å². The van der Waals surface area contributed by atoms with Crippen LogP contribution in [0.3, 0.4) is 0 Å². The van der Waals surface area contributed by atoms with E-state index in [1.807, 2.05) is 6.92 Å². The second-order valence-corrected chi connectivity index (χ2v) is 4.68. The van der Waals surface area contributed by atoms with Gasteiger partial charge in [-0.05, 0) is 33.1 Å². The summed E-state index contributed by atoms with van der Waals surface area (Å²) in [5.41, 5.74) is 5.25. The topological polar surface area (TPSA) is 55.1 Å². The zero-order chi connectivity index (χ0) is 10.1. The lowest BCUT2D eigenvalue weighted by molar-refractivity contribution is -0.126. The minimum absolute atomic E-state index is 0.00523. The predicted molar refractivity (Wildman–Crippen MR) is 53.3 cm³/mol. The highest BCUT2D eigenvalue weighted by Crippen LogP contribution is 2.34. The van der Waals surface area contributed by atoms with E-state index in [4.69, 9.17) is 5.73 Å². The van der Waals surface area contributed by atoms with Gasteiger partial charge in [-0.1, -0.05) is 13.3 Å². The maximum atomic E-state index is 11.7. The van der Waals surface area contributed by atoms with E-state index in [9.17, 15) is 4.79 Å². The molecule has 76 valence electrons. The molecule has 0 aromatic rings. The van der Waals surface area contributed by atoms with Gasteiger partial charge in [0.1, 0.15) is 0 Å². The number of nitrogens with two attached hydrogens (primary N) is 1. The van der Waals surface area contributed by atoms with Gasteiger partial charge in [0.05, 0.1) is 5.54 Å². The molecular weight excluding hydrogens is 164 g/mol. The Kier molecular flexibility index (Phi) is 2.66. The van der Waals surface area contributed by atoms with Crippen molar-refractivity contribution in [2.45, 2.75) is 57.5 Å². The molecule has 1 fully saturated rings. The van der Waals surface area contributed by atoms with Crippen LogP contribution in [0.2, 0.25) is 0 Å². The van der Waals surface area contributed by atoms with Crippen molar-refractivity contribution < 1.29 is 4.79 Å². The lowest BCUT2D eigenvalue weighted by Crippen LogP contribution is -2.54. The normalized spacial score (nSPS) is 23.4. The van der Waals surface area contributed by atoms with Crippen molar-refractivity contribution in [3.05, 3.63) is 0 Å². The maximum absolute atomic E-state index is 11.7. The molecular formula is C10H20N2O. The zero-order valence-corrected chi connectivity index (χ0v) is 8.81. The summed E-state index contributed by atoms with van der Waals surface area (Å²) in [6.45, 7) is 5.90. The average Bonchev–Trinajstić information content (AvgIpc) is 2.67. The van der Waals surface area contributed by atoms with Crippen LogP contribution in [0.15, 0.2) is 0 Å². The lowest BCUT2D eigenvalue weighted by atomic mass is 9.96. The van der Waals surface area contributed by atoms with Crippen molar-refractivity contribution in [1.82, 2.24) is 5.32 Å². The first-order chi connectivity index (χ1) is 5.90. The van der Waals surface area contributed by atoms with E-state index >= 15 is 0 Å². The lowest BCUT2D eigenvalue weighted by Gasteiger charge is -2.25. The van der Waals surface area contributed by atoms with Gasteiger partial charge in [0.15, 0.2) is 0 Å². The summed E-state index contributed by atoms with van der Waals surface area (Å²) in [4.78, 5) is 11.7. The van der Waals surface area contributed by atoms with Crippen LogP contribution in [0.4, 0.5) is 0 Å². The first-order valence-corrected chi connectivity index (χ1v) is 5.01. The van der Waals surface area contributed by atoms with Gasteiger partial charge in [-0.25, -0.2) is 0 Å². The molecule has 0 radical (unpaired) electrons. The number of hydrogen-bond acceptors (Lipinski definition) is 2. The molecule has 1 saturated carbocycles. The first-order valence-electron chi connectivity index (χ1n) is 5.01. The Labute approximate surface area is 80.1 Å². The highest BCUT2D eigenvalue weighted by atomic mass is 16.2. The van der Waals surface area contributed by atoms with Gasteiger partial charge < -0.3 is 11.1 Å². The fraction of sp³-hybridized carbons (Fsp3) is 0.900. The molecule has 1 rings (SSSR count). The van der Waals surface area contributed by atoms with Crippen LogP contribution < -0.4 is 11.1 Å². The molecule has 3 nitrogen and oxygen atoms in total. The van der Waals surface area contributed by atoms with Gasteiger partial charge >= 0.3 is 0 Å². The molecule has 1 amide bonds. The molecule has 0 heterocycles. The summed E-state index contributed by atoms with van der Waals surface area (Å²) in [6.07, 6.45) is 3.86. The molecule has 3 N–H and O–H groups in total. The Bertz CT molecular complexity index is 207. The SMILES string of the molecule is CCCC(C)(N)C(=O)NC1(C)CC1. The summed E-state index contributed by atoms with van der Waals surface area (Å²) in [7, 11) is 0. The van der Waals surface area contributed by atoms with Gasteiger partial charge in [-0.3, -0.25) is 4.79 Å². The molecule has 0 aromatic carbocycles. The highest BCUT2D eigenvalue weighted by Gasteiger charge is 2.41. The summed E-state index contributed by atoms with van der Waals surface area (Å²) in [5.74, 6) is -0.00523. The molecule has 1 aliphatic rings. The zero-order valence-electron chi connectivity index (χ0n) is 8.81. The molecule has 1 unspecified atom stereocenters. The Morgan fingerprint density at radius 2 is 2.15 bits per heavy atom. The summed E-state index contributed by atoms with van der Waals surface area (Å²) < 4.78 is 0. The number of amides is 1. The molecule has 1 aliphatic carbocycles. The largest absolute Gasteiger partial charge is 0.349 e. The fourth-order valence-corrected chi connectivity index (χ4v) is 1.36. The molecule has 0 aliphatic heterocycles. The van der Waals surface area contributed by atoms with Crippen LogP contribution in [0, 0.1) is 0 Å². The van der Waals surface area contributed by atoms with Gasteiger partial charge in [0.2, 0.25) is 5.91 Å².